The number of nitrogens with zero attached hydrogens (tertiary/aromatic N) is 1. The van der Waals surface area contributed by atoms with Crippen LogP contribution >= 0.6 is 0 Å². The number of hydrogen-bond acceptors (Lipinski definition) is 3. The molecule has 0 fully saturated rings. The molecular formula is C12H20N2O. The smallest absolute Gasteiger partial charge is 0.142 e. The van der Waals surface area contributed by atoms with Crippen LogP contribution in [0.4, 0.5) is 0 Å². The molecule has 0 aliphatic heterocycles. The van der Waals surface area contributed by atoms with Gasteiger partial charge in [0.2, 0.25) is 0 Å². The van der Waals surface area contributed by atoms with Crippen molar-refractivity contribution >= 4 is 0 Å². The monoisotopic (exact) mass is 208 g/mol. The van der Waals surface area contributed by atoms with Gasteiger partial charge in [-0.3, -0.25) is 4.98 Å². The molecule has 0 aliphatic carbocycles. The van der Waals surface area contributed by atoms with E-state index in [4.69, 9.17) is 4.74 Å². The van der Waals surface area contributed by atoms with Crippen molar-refractivity contribution in [2.45, 2.75) is 27.3 Å². The van der Waals surface area contributed by atoms with Gasteiger partial charge in [-0.1, -0.05) is 13.8 Å². The van der Waals surface area contributed by atoms with E-state index >= 15 is 0 Å². The highest BCUT2D eigenvalue weighted by Crippen LogP contribution is 2.15. The van der Waals surface area contributed by atoms with Crippen LogP contribution in [0.1, 0.15) is 26.3 Å². The van der Waals surface area contributed by atoms with Gasteiger partial charge < -0.3 is 10.1 Å². The highest BCUT2D eigenvalue weighted by molar-refractivity contribution is 5.29. The van der Waals surface area contributed by atoms with Crippen LogP contribution in [0.15, 0.2) is 18.5 Å². The molecule has 0 bridgehead atoms. The van der Waals surface area contributed by atoms with Gasteiger partial charge in [0.1, 0.15) is 5.75 Å². The quantitative estimate of drug-likeness (QED) is 0.778. The predicted octanol–water partition coefficient (Wildman–Crippen LogP) is 2.23. The van der Waals surface area contributed by atoms with Gasteiger partial charge in [-0.05, 0) is 25.5 Å². The Balaban J connectivity index is 2.51. The molecule has 1 heterocycles. The highest BCUT2D eigenvalue weighted by Gasteiger charge is 2.02. The average molecular weight is 208 g/mol. The van der Waals surface area contributed by atoms with Crippen molar-refractivity contribution in [1.29, 1.82) is 0 Å². The summed E-state index contributed by atoms with van der Waals surface area (Å²) in [6.45, 7) is 8.93. The van der Waals surface area contributed by atoms with Crippen molar-refractivity contribution in [2.24, 2.45) is 5.92 Å². The second-order valence-corrected chi connectivity index (χ2v) is 3.94. The number of ether oxygens (including phenoxy) is 1. The molecular weight excluding hydrogens is 188 g/mol. The Bertz CT molecular complexity index is 287. The van der Waals surface area contributed by atoms with Crippen LogP contribution in [-0.2, 0) is 6.54 Å². The van der Waals surface area contributed by atoms with Crippen LogP contribution in [0.3, 0.4) is 0 Å². The van der Waals surface area contributed by atoms with E-state index in [9.17, 15) is 0 Å². The number of pyridine rings is 1. The lowest BCUT2D eigenvalue weighted by Gasteiger charge is -2.11. The molecule has 0 saturated carbocycles. The van der Waals surface area contributed by atoms with Gasteiger partial charge in [0.15, 0.2) is 0 Å². The van der Waals surface area contributed by atoms with Crippen molar-refractivity contribution in [3.05, 3.63) is 24.0 Å². The maximum Gasteiger partial charge on any atom is 0.142 e. The fourth-order valence-corrected chi connectivity index (χ4v) is 1.34. The van der Waals surface area contributed by atoms with Gasteiger partial charge in [-0.2, -0.15) is 0 Å². The summed E-state index contributed by atoms with van der Waals surface area (Å²) in [6.07, 6.45) is 3.57. The van der Waals surface area contributed by atoms with E-state index in [0.29, 0.717) is 12.5 Å². The van der Waals surface area contributed by atoms with Crippen LogP contribution in [0.5, 0.6) is 5.75 Å². The second kappa shape index (κ2) is 6.40. The van der Waals surface area contributed by atoms with Crippen molar-refractivity contribution in [2.75, 3.05) is 13.2 Å². The van der Waals surface area contributed by atoms with E-state index in [1.165, 1.54) is 5.56 Å². The van der Waals surface area contributed by atoms with E-state index in [1.54, 1.807) is 12.4 Å². The van der Waals surface area contributed by atoms with Crippen LogP contribution in [0.25, 0.3) is 0 Å². The number of rotatable bonds is 6. The molecule has 3 heteroatoms. The molecule has 0 unspecified atom stereocenters. The zero-order valence-electron chi connectivity index (χ0n) is 9.79. The molecule has 0 aliphatic rings. The summed E-state index contributed by atoms with van der Waals surface area (Å²) in [5.74, 6) is 1.55. The van der Waals surface area contributed by atoms with Crippen molar-refractivity contribution in [3.63, 3.8) is 0 Å². The molecule has 1 N–H and O–H groups in total. The fourth-order valence-electron chi connectivity index (χ4n) is 1.34. The topological polar surface area (TPSA) is 34.1 Å². The van der Waals surface area contributed by atoms with E-state index in [2.05, 4.69) is 24.1 Å². The largest absolute Gasteiger partial charge is 0.492 e. The zero-order chi connectivity index (χ0) is 11.1. The van der Waals surface area contributed by atoms with Gasteiger partial charge in [-0.25, -0.2) is 0 Å². The molecule has 0 amide bonds. The minimum atomic E-state index is 0.669. The van der Waals surface area contributed by atoms with Gasteiger partial charge in [0, 0.05) is 18.3 Å². The Morgan fingerprint density at radius 3 is 2.93 bits per heavy atom. The minimum absolute atomic E-state index is 0.669. The number of nitrogens with one attached hydrogen (secondary N) is 1. The molecule has 0 aromatic carbocycles. The highest BCUT2D eigenvalue weighted by atomic mass is 16.5. The van der Waals surface area contributed by atoms with Gasteiger partial charge >= 0.3 is 0 Å². The lowest BCUT2D eigenvalue weighted by molar-refractivity contribution is 0.333. The van der Waals surface area contributed by atoms with E-state index in [1.807, 2.05) is 13.0 Å². The molecule has 1 rings (SSSR count). The van der Waals surface area contributed by atoms with Crippen LogP contribution in [-0.4, -0.2) is 18.1 Å². The van der Waals surface area contributed by atoms with Gasteiger partial charge in [0.25, 0.3) is 0 Å². The molecule has 0 spiro atoms. The molecule has 1 aromatic rings. The summed E-state index contributed by atoms with van der Waals surface area (Å²) in [5, 5.41) is 3.39. The third-order valence-electron chi connectivity index (χ3n) is 2.04. The van der Waals surface area contributed by atoms with Gasteiger partial charge in [0.05, 0.1) is 12.8 Å². The first-order chi connectivity index (χ1) is 7.24. The van der Waals surface area contributed by atoms with E-state index in [-0.39, 0.29) is 0 Å². The lowest BCUT2D eigenvalue weighted by Crippen LogP contribution is -2.19. The molecule has 15 heavy (non-hydrogen) atoms. The average Bonchev–Trinajstić information content (AvgIpc) is 2.20. The summed E-state index contributed by atoms with van der Waals surface area (Å²) >= 11 is 0. The van der Waals surface area contributed by atoms with Gasteiger partial charge in [-0.15, -0.1) is 0 Å². The first-order valence-electron chi connectivity index (χ1n) is 5.50. The fraction of sp³-hybridized carbons (Fsp3) is 0.583. The molecule has 84 valence electrons. The van der Waals surface area contributed by atoms with Crippen molar-refractivity contribution in [1.82, 2.24) is 10.3 Å². The summed E-state index contributed by atoms with van der Waals surface area (Å²) < 4.78 is 5.49. The Morgan fingerprint density at radius 1 is 1.47 bits per heavy atom. The van der Waals surface area contributed by atoms with Crippen LogP contribution in [0, 0.1) is 5.92 Å². The van der Waals surface area contributed by atoms with E-state index < -0.39 is 0 Å². The zero-order valence-corrected chi connectivity index (χ0v) is 9.79. The maximum atomic E-state index is 5.49. The summed E-state index contributed by atoms with van der Waals surface area (Å²) in [6, 6.07) is 2.00. The summed E-state index contributed by atoms with van der Waals surface area (Å²) in [4.78, 5) is 4.05. The van der Waals surface area contributed by atoms with E-state index in [0.717, 1.165) is 18.8 Å². The normalized spacial score (nSPS) is 10.7. The molecule has 0 radical (unpaired) electrons. The first kappa shape index (κ1) is 12.0. The first-order valence-corrected chi connectivity index (χ1v) is 5.50. The number of hydrogen-bond donors (Lipinski definition) is 1. The van der Waals surface area contributed by atoms with Crippen molar-refractivity contribution < 1.29 is 4.74 Å². The Labute approximate surface area is 91.9 Å². The molecule has 0 atom stereocenters. The Hall–Kier alpha value is -1.09. The second-order valence-electron chi connectivity index (χ2n) is 3.94. The van der Waals surface area contributed by atoms with Crippen LogP contribution < -0.4 is 10.1 Å². The Kier molecular flexibility index (Phi) is 5.12. The third kappa shape index (κ3) is 4.30. The summed E-state index contributed by atoms with van der Waals surface area (Å²) in [5.41, 5.74) is 1.17. The SMILES string of the molecule is CCOc1cnccc1CNCC(C)C. The third-order valence-corrected chi connectivity index (χ3v) is 2.04. The standard InChI is InChI=1S/C12H20N2O/c1-4-15-12-9-13-6-5-11(12)8-14-7-10(2)3/h5-6,9-10,14H,4,7-8H2,1-3H3. The molecule has 3 nitrogen and oxygen atoms in total. The molecule has 0 saturated heterocycles. The van der Waals surface area contributed by atoms with Crippen LogP contribution in [0.2, 0.25) is 0 Å². The molecule has 1 aromatic heterocycles. The predicted molar refractivity (Wildman–Crippen MR) is 62.0 cm³/mol. The lowest BCUT2D eigenvalue weighted by atomic mass is 10.2. The number of aromatic nitrogens is 1. The maximum absolute atomic E-state index is 5.49. The van der Waals surface area contributed by atoms with Crippen molar-refractivity contribution in [3.8, 4) is 5.75 Å². The minimum Gasteiger partial charge on any atom is -0.492 e. The summed E-state index contributed by atoms with van der Waals surface area (Å²) in [7, 11) is 0. The Morgan fingerprint density at radius 2 is 2.27 bits per heavy atom.